The van der Waals surface area contributed by atoms with Gasteiger partial charge in [-0.25, -0.2) is 4.98 Å². The Bertz CT molecular complexity index is 766. The van der Waals surface area contributed by atoms with E-state index >= 15 is 0 Å². The van der Waals surface area contributed by atoms with Gasteiger partial charge in [-0.15, -0.1) is 11.3 Å². The smallest absolute Gasteiger partial charge is 0.387 e. The Morgan fingerprint density at radius 1 is 1.26 bits per heavy atom. The van der Waals surface area contributed by atoms with Crippen molar-refractivity contribution in [1.82, 2.24) is 15.6 Å². The van der Waals surface area contributed by atoms with Gasteiger partial charge in [0.25, 0.3) is 0 Å². The van der Waals surface area contributed by atoms with E-state index in [2.05, 4.69) is 39.2 Å². The molecule has 0 saturated carbocycles. The SMILES string of the molecule is CN=C(NCc1csc(C(C)C)n1)NCc1cc(OC)ccc1OC(F)F. The van der Waals surface area contributed by atoms with Crippen LogP contribution in [0.2, 0.25) is 0 Å². The van der Waals surface area contributed by atoms with Crippen molar-refractivity contribution in [1.29, 1.82) is 0 Å². The van der Waals surface area contributed by atoms with Gasteiger partial charge in [-0.3, -0.25) is 4.99 Å². The van der Waals surface area contributed by atoms with Crippen LogP contribution in [-0.4, -0.2) is 31.7 Å². The number of halogens is 2. The van der Waals surface area contributed by atoms with Gasteiger partial charge in [0, 0.05) is 30.5 Å². The summed E-state index contributed by atoms with van der Waals surface area (Å²) < 4.78 is 34.9. The molecule has 2 aromatic rings. The van der Waals surface area contributed by atoms with Crippen LogP contribution in [-0.2, 0) is 13.1 Å². The molecule has 0 unspecified atom stereocenters. The molecule has 148 valence electrons. The number of rotatable bonds is 8. The lowest BCUT2D eigenvalue weighted by molar-refractivity contribution is -0.0504. The molecule has 0 aliphatic carbocycles. The normalized spacial score (nSPS) is 11.8. The molecule has 0 saturated heterocycles. The zero-order chi connectivity index (χ0) is 19.8. The van der Waals surface area contributed by atoms with Gasteiger partial charge in [-0.1, -0.05) is 13.8 Å². The zero-order valence-corrected chi connectivity index (χ0v) is 16.6. The Labute approximate surface area is 161 Å². The van der Waals surface area contributed by atoms with Gasteiger partial charge < -0.3 is 20.1 Å². The molecule has 2 rings (SSSR count). The Morgan fingerprint density at radius 2 is 2.00 bits per heavy atom. The highest BCUT2D eigenvalue weighted by Gasteiger charge is 2.12. The molecule has 1 aromatic heterocycles. The molecule has 1 heterocycles. The van der Waals surface area contributed by atoms with Crippen LogP contribution in [0.4, 0.5) is 8.78 Å². The number of guanidine groups is 1. The summed E-state index contributed by atoms with van der Waals surface area (Å²) in [4.78, 5) is 8.70. The lowest BCUT2D eigenvalue weighted by Crippen LogP contribution is -2.36. The third-order valence-electron chi connectivity index (χ3n) is 3.65. The Hall–Kier alpha value is -2.42. The topological polar surface area (TPSA) is 67.8 Å². The van der Waals surface area contributed by atoms with E-state index < -0.39 is 6.61 Å². The zero-order valence-electron chi connectivity index (χ0n) is 15.8. The Morgan fingerprint density at radius 3 is 2.59 bits per heavy atom. The number of nitrogens with zero attached hydrogens (tertiary/aromatic N) is 2. The van der Waals surface area contributed by atoms with E-state index in [-0.39, 0.29) is 12.3 Å². The number of thiazole rings is 1. The van der Waals surface area contributed by atoms with Crippen LogP contribution >= 0.6 is 11.3 Å². The molecule has 0 amide bonds. The molecule has 2 N–H and O–H groups in total. The van der Waals surface area contributed by atoms with Gasteiger partial charge >= 0.3 is 6.61 Å². The molecule has 6 nitrogen and oxygen atoms in total. The highest BCUT2D eigenvalue weighted by molar-refractivity contribution is 7.09. The first-order valence-corrected chi connectivity index (χ1v) is 9.31. The van der Waals surface area contributed by atoms with Crippen molar-refractivity contribution in [3.05, 3.63) is 39.8 Å². The highest BCUT2D eigenvalue weighted by Crippen LogP contribution is 2.25. The second kappa shape index (κ2) is 10.1. The summed E-state index contributed by atoms with van der Waals surface area (Å²) in [5.74, 6) is 1.57. The first-order valence-electron chi connectivity index (χ1n) is 8.43. The summed E-state index contributed by atoms with van der Waals surface area (Å²) in [6, 6.07) is 4.68. The number of benzene rings is 1. The molecule has 0 atom stereocenters. The van der Waals surface area contributed by atoms with Crippen LogP contribution in [0.15, 0.2) is 28.6 Å². The monoisotopic (exact) mass is 398 g/mol. The minimum Gasteiger partial charge on any atom is -0.497 e. The first-order chi connectivity index (χ1) is 12.9. The van der Waals surface area contributed by atoms with Crippen LogP contribution in [0.25, 0.3) is 0 Å². The average Bonchev–Trinajstić information content (AvgIpc) is 3.12. The molecule has 1 aromatic carbocycles. The van der Waals surface area contributed by atoms with Gasteiger partial charge in [0.2, 0.25) is 0 Å². The summed E-state index contributed by atoms with van der Waals surface area (Å²) in [7, 11) is 3.15. The highest BCUT2D eigenvalue weighted by atomic mass is 32.1. The number of hydrogen-bond donors (Lipinski definition) is 2. The van der Waals surface area contributed by atoms with E-state index in [0.29, 0.717) is 29.7 Å². The van der Waals surface area contributed by atoms with Gasteiger partial charge in [0.05, 0.1) is 24.4 Å². The fraction of sp³-hybridized carbons (Fsp3) is 0.444. The van der Waals surface area contributed by atoms with E-state index in [4.69, 9.17) is 4.74 Å². The number of aromatic nitrogens is 1. The summed E-state index contributed by atoms with van der Waals surface area (Å²) in [5, 5.41) is 9.33. The summed E-state index contributed by atoms with van der Waals surface area (Å²) >= 11 is 1.63. The largest absolute Gasteiger partial charge is 0.497 e. The third kappa shape index (κ3) is 6.35. The predicted octanol–water partition coefficient (Wildman–Crippen LogP) is 3.74. The molecule has 27 heavy (non-hydrogen) atoms. The minimum absolute atomic E-state index is 0.0924. The van der Waals surface area contributed by atoms with Crippen molar-refractivity contribution in [2.24, 2.45) is 4.99 Å². The number of nitrogens with one attached hydrogen (secondary N) is 2. The van der Waals surface area contributed by atoms with Crippen LogP contribution in [0.1, 0.15) is 36.0 Å². The summed E-state index contributed by atoms with van der Waals surface area (Å²) in [6.45, 7) is 2.07. The fourth-order valence-corrected chi connectivity index (χ4v) is 3.11. The number of methoxy groups -OCH3 is 1. The Kier molecular flexibility index (Phi) is 7.78. The van der Waals surface area contributed by atoms with Gasteiger partial charge in [0.1, 0.15) is 11.5 Å². The third-order valence-corrected chi connectivity index (χ3v) is 4.85. The molecule has 0 fully saturated rings. The van der Waals surface area contributed by atoms with Crippen molar-refractivity contribution in [3.8, 4) is 11.5 Å². The van der Waals surface area contributed by atoms with E-state index in [0.717, 1.165) is 10.7 Å². The van der Waals surface area contributed by atoms with Crippen molar-refractivity contribution in [2.75, 3.05) is 14.2 Å². The van der Waals surface area contributed by atoms with Crippen LogP contribution in [0, 0.1) is 0 Å². The van der Waals surface area contributed by atoms with E-state index in [9.17, 15) is 8.78 Å². The van der Waals surface area contributed by atoms with Gasteiger partial charge in [0.15, 0.2) is 5.96 Å². The van der Waals surface area contributed by atoms with E-state index in [1.165, 1.54) is 13.2 Å². The maximum atomic E-state index is 12.6. The van der Waals surface area contributed by atoms with Crippen LogP contribution < -0.4 is 20.1 Å². The molecule has 0 radical (unpaired) electrons. The molecule has 0 aliphatic rings. The number of alkyl halides is 2. The second-order valence-electron chi connectivity index (χ2n) is 5.96. The molecular formula is C18H24F2N4O2S. The second-order valence-corrected chi connectivity index (χ2v) is 6.85. The van der Waals surface area contributed by atoms with Crippen LogP contribution in [0.5, 0.6) is 11.5 Å². The molecule has 0 bridgehead atoms. The number of hydrogen-bond acceptors (Lipinski definition) is 5. The quantitative estimate of drug-likeness (QED) is 0.524. The van der Waals surface area contributed by atoms with Crippen LogP contribution in [0.3, 0.4) is 0 Å². The van der Waals surface area contributed by atoms with Crippen molar-refractivity contribution in [2.45, 2.75) is 39.5 Å². The maximum absolute atomic E-state index is 12.6. The average molecular weight is 398 g/mol. The van der Waals surface area contributed by atoms with Gasteiger partial charge in [-0.2, -0.15) is 8.78 Å². The number of aliphatic imine (C=N–C) groups is 1. The molecule has 0 spiro atoms. The Balaban J connectivity index is 1.98. The van der Waals surface area contributed by atoms with Crippen molar-refractivity contribution in [3.63, 3.8) is 0 Å². The van der Waals surface area contributed by atoms with E-state index in [1.54, 1.807) is 30.5 Å². The van der Waals surface area contributed by atoms with Crippen molar-refractivity contribution < 1.29 is 18.3 Å². The molecular weight excluding hydrogens is 374 g/mol. The summed E-state index contributed by atoms with van der Waals surface area (Å²) in [6.07, 6.45) is 0. The summed E-state index contributed by atoms with van der Waals surface area (Å²) in [5.41, 5.74) is 1.46. The lowest BCUT2D eigenvalue weighted by atomic mass is 10.2. The minimum atomic E-state index is -2.89. The maximum Gasteiger partial charge on any atom is 0.387 e. The fourth-order valence-electron chi connectivity index (χ4n) is 2.27. The van der Waals surface area contributed by atoms with Gasteiger partial charge in [-0.05, 0) is 18.2 Å². The molecule has 0 aliphatic heterocycles. The predicted molar refractivity (Wildman–Crippen MR) is 103 cm³/mol. The lowest BCUT2D eigenvalue weighted by Gasteiger charge is -2.15. The standard InChI is InChI=1S/C18H24F2N4O2S/c1-11(2)16-24-13(10-27-16)9-23-18(21-3)22-8-12-7-14(25-4)5-6-15(12)26-17(19)20/h5-7,10-11,17H,8-9H2,1-4H3,(H2,21,22,23). The van der Waals surface area contributed by atoms with E-state index in [1.807, 2.05) is 5.38 Å². The van der Waals surface area contributed by atoms with Crippen molar-refractivity contribution >= 4 is 17.3 Å². The first kappa shape index (κ1) is 20.9. The number of ether oxygens (including phenoxy) is 2. The molecule has 9 heteroatoms.